The topological polar surface area (TPSA) is 77.3 Å². The Labute approximate surface area is 165 Å². The highest BCUT2D eigenvalue weighted by Crippen LogP contribution is 2.42. The van der Waals surface area contributed by atoms with Crippen molar-refractivity contribution < 1.29 is 9.47 Å². The van der Waals surface area contributed by atoms with Crippen LogP contribution in [0.5, 0.6) is 5.75 Å². The van der Waals surface area contributed by atoms with Crippen molar-refractivity contribution in [2.45, 2.75) is 58.1 Å². The molecule has 0 bridgehead atoms. The van der Waals surface area contributed by atoms with Gasteiger partial charge in [0.25, 0.3) is 5.56 Å². The van der Waals surface area contributed by atoms with Crippen molar-refractivity contribution in [3.8, 4) is 5.75 Å². The number of halogens is 1. The number of rotatable bonds is 7. The van der Waals surface area contributed by atoms with Gasteiger partial charge in [-0.2, -0.15) is 0 Å². The fraction of sp³-hybridized carbons (Fsp3) is 0.571. The molecule has 1 fully saturated rings. The molecule has 1 aliphatic rings. The van der Waals surface area contributed by atoms with Gasteiger partial charge in [0.05, 0.1) is 17.7 Å². The van der Waals surface area contributed by atoms with Crippen LogP contribution in [0.1, 0.15) is 46.0 Å². The molecule has 1 saturated carbocycles. The Morgan fingerprint density at radius 3 is 2.74 bits per heavy atom. The summed E-state index contributed by atoms with van der Waals surface area (Å²) in [5.41, 5.74) is 6.33. The van der Waals surface area contributed by atoms with E-state index in [1.807, 2.05) is 19.1 Å². The zero-order valence-corrected chi connectivity index (χ0v) is 16.8. The monoisotopic (exact) mass is 392 g/mol. The fourth-order valence-corrected chi connectivity index (χ4v) is 4.31. The number of aromatic amines is 1. The molecule has 1 aromatic carbocycles. The molecule has 1 unspecified atom stereocenters. The highest BCUT2D eigenvalue weighted by molar-refractivity contribution is 6.32. The first-order chi connectivity index (χ1) is 13.0. The number of ether oxygens (including phenoxy) is 2. The summed E-state index contributed by atoms with van der Waals surface area (Å²) in [5.74, 6) is 0.636. The number of H-pyrrole nitrogens is 1. The van der Waals surface area contributed by atoms with Crippen LogP contribution < -0.4 is 16.0 Å². The van der Waals surface area contributed by atoms with Crippen molar-refractivity contribution in [2.75, 3.05) is 13.2 Å². The lowest BCUT2D eigenvalue weighted by atomic mass is 9.68. The molecular formula is C21H29ClN2O3. The second-order valence-corrected chi connectivity index (χ2v) is 7.92. The van der Waals surface area contributed by atoms with Crippen molar-refractivity contribution in [1.82, 2.24) is 4.98 Å². The van der Waals surface area contributed by atoms with E-state index in [4.69, 9.17) is 26.8 Å². The first-order valence-corrected chi connectivity index (χ1v) is 10.2. The van der Waals surface area contributed by atoms with Crippen LogP contribution in [0.2, 0.25) is 5.02 Å². The van der Waals surface area contributed by atoms with Gasteiger partial charge in [-0.3, -0.25) is 4.79 Å². The molecule has 27 heavy (non-hydrogen) atoms. The van der Waals surface area contributed by atoms with Gasteiger partial charge in [0.2, 0.25) is 0 Å². The maximum atomic E-state index is 11.9. The first kappa shape index (κ1) is 20.2. The summed E-state index contributed by atoms with van der Waals surface area (Å²) < 4.78 is 12.0. The molecule has 0 radical (unpaired) electrons. The first-order valence-electron chi connectivity index (χ1n) is 9.80. The molecule has 0 aliphatic heterocycles. The number of pyridine rings is 1. The van der Waals surface area contributed by atoms with Gasteiger partial charge in [0, 0.05) is 29.6 Å². The van der Waals surface area contributed by atoms with Gasteiger partial charge in [0.15, 0.2) is 0 Å². The smallest absolute Gasteiger partial charge is 0.255 e. The third-order valence-corrected chi connectivity index (χ3v) is 6.16. The molecule has 1 aromatic heterocycles. The van der Waals surface area contributed by atoms with Crippen LogP contribution >= 0.6 is 11.6 Å². The summed E-state index contributed by atoms with van der Waals surface area (Å²) in [4.78, 5) is 14.6. The molecule has 1 aliphatic carbocycles. The molecule has 148 valence electrons. The summed E-state index contributed by atoms with van der Waals surface area (Å²) in [6, 6.07) is 5.53. The summed E-state index contributed by atoms with van der Waals surface area (Å²) >= 11 is 6.37. The van der Waals surface area contributed by atoms with Crippen molar-refractivity contribution in [1.29, 1.82) is 0 Å². The minimum atomic E-state index is -0.145. The summed E-state index contributed by atoms with van der Waals surface area (Å²) in [6.07, 6.45) is 6.49. The normalized spacial score (nSPS) is 24.1. The molecule has 0 spiro atoms. The second kappa shape index (κ2) is 8.63. The predicted molar refractivity (Wildman–Crippen MR) is 110 cm³/mol. The summed E-state index contributed by atoms with van der Waals surface area (Å²) in [6.45, 7) is 5.58. The molecule has 5 nitrogen and oxygen atoms in total. The number of hydrogen-bond acceptors (Lipinski definition) is 4. The molecule has 0 saturated heterocycles. The van der Waals surface area contributed by atoms with E-state index < -0.39 is 0 Å². The average Bonchev–Trinajstić information content (AvgIpc) is 2.68. The van der Waals surface area contributed by atoms with Gasteiger partial charge in [-0.25, -0.2) is 0 Å². The Bertz CT molecular complexity index is 828. The number of nitrogens with one attached hydrogen (secondary N) is 1. The Morgan fingerprint density at radius 2 is 2.07 bits per heavy atom. The van der Waals surface area contributed by atoms with Gasteiger partial charge in [-0.05, 0) is 62.6 Å². The van der Waals surface area contributed by atoms with Gasteiger partial charge < -0.3 is 20.2 Å². The van der Waals surface area contributed by atoms with Crippen LogP contribution in [-0.4, -0.2) is 30.3 Å². The molecule has 3 N–H and O–H groups in total. The van der Waals surface area contributed by atoms with Gasteiger partial charge in [-0.1, -0.05) is 18.5 Å². The zero-order chi connectivity index (χ0) is 19.4. The van der Waals surface area contributed by atoms with Crippen LogP contribution in [0.3, 0.4) is 0 Å². The van der Waals surface area contributed by atoms with Crippen LogP contribution in [-0.2, 0) is 4.74 Å². The third-order valence-electron chi connectivity index (χ3n) is 5.87. The average molecular weight is 393 g/mol. The Morgan fingerprint density at radius 1 is 1.33 bits per heavy atom. The van der Waals surface area contributed by atoms with Gasteiger partial charge >= 0.3 is 0 Å². The number of aromatic nitrogens is 1. The molecule has 0 amide bonds. The van der Waals surface area contributed by atoms with Crippen LogP contribution in [0, 0.1) is 5.41 Å². The highest BCUT2D eigenvalue weighted by atomic mass is 35.5. The summed E-state index contributed by atoms with van der Waals surface area (Å²) in [5, 5.41) is 1.87. The summed E-state index contributed by atoms with van der Waals surface area (Å²) in [7, 11) is 0. The third kappa shape index (κ3) is 4.31. The van der Waals surface area contributed by atoms with Crippen LogP contribution in [0.15, 0.2) is 29.2 Å². The molecule has 1 atom stereocenters. The quantitative estimate of drug-likeness (QED) is 0.737. The maximum Gasteiger partial charge on any atom is 0.255 e. The number of nitrogens with two attached hydrogens (primary N) is 1. The molecule has 6 heteroatoms. The molecule has 1 heterocycles. The maximum absolute atomic E-state index is 11.9. The predicted octanol–water partition coefficient (Wildman–Crippen LogP) is 4.26. The number of fused-ring (bicyclic) bond motifs is 1. The van der Waals surface area contributed by atoms with Crippen molar-refractivity contribution in [2.24, 2.45) is 11.1 Å². The van der Waals surface area contributed by atoms with Crippen molar-refractivity contribution in [3.05, 3.63) is 39.8 Å². The van der Waals surface area contributed by atoms with Gasteiger partial charge in [0.1, 0.15) is 5.75 Å². The minimum absolute atomic E-state index is 0.0328. The number of hydrogen-bond donors (Lipinski definition) is 2. The lowest BCUT2D eigenvalue weighted by Gasteiger charge is -2.43. The lowest BCUT2D eigenvalue weighted by Crippen LogP contribution is -2.48. The van der Waals surface area contributed by atoms with Crippen molar-refractivity contribution >= 4 is 22.4 Å². The standard InChI is InChI=1S/C21H29ClN2O3/c1-3-19(23)21(13-26-4-2)8-5-15(6-9-21)27-18-11-14-7-10-24-20(25)16(14)12-17(18)22/h7,10-12,15,19H,3-6,8-9,13,23H2,1-2H3,(H,24,25)/t15-,19?,21+. The molecule has 3 rings (SSSR count). The molecule has 2 aromatic rings. The van der Waals surface area contributed by atoms with E-state index in [0.29, 0.717) is 29.4 Å². The van der Waals surface area contributed by atoms with E-state index in [1.165, 1.54) is 0 Å². The van der Waals surface area contributed by atoms with Crippen LogP contribution in [0.4, 0.5) is 0 Å². The van der Waals surface area contributed by atoms with E-state index in [-0.39, 0.29) is 23.1 Å². The number of benzene rings is 1. The largest absolute Gasteiger partial charge is 0.489 e. The van der Waals surface area contributed by atoms with Gasteiger partial charge in [-0.15, -0.1) is 0 Å². The van der Waals surface area contributed by atoms with E-state index in [2.05, 4.69) is 11.9 Å². The lowest BCUT2D eigenvalue weighted by molar-refractivity contribution is -0.0163. The second-order valence-electron chi connectivity index (χ2n) is 7.51. The fourth-order valence-electron chi connectivity index (χ4n) is 4.10. The van der Waals surface area contributed by atoms with Crippen molar-refractivity contribution in [3.63, 3.8) is 0 Å². The van der Waals surface area contributed by atoms with E-state index in [9.17, 15) is 4.79 Å². The highest BCUT2D eigenvalue weighted by Gasteiger charge is 2.40. The SMILES string of the molecule is CCOC[C@]1(C(N)CC)CC[C@@H](Oc2cc3cc[nH]c(=O)c3cc2Cl)CC1. The Kier molecular flexibility index (Phi) is 6.45. The molecular weight excluding hydrogens is 364 g/mol. The Balaban J connectivity index is 1.72. The van der Waals surface area contributed by atoms with E-state index in [1.54, 1.807) is 12.3 Å². The van der Waals surface area contributed by atoms with Crippen LogP contribution in [0.25, 0.3) is 10.8 Å². The Hall–Kier alpha value is -1.56. The zero-order valence-electron chi connectivity index (χ0n) is 16.1. The van der Waals surface area contributed by atoms with E-state index >= 15 is 0 Å². The van der Waals surface area contributed by atoms with E-state index in [0.717, 1.165) is 37.5 Å². The minimum Gasteiger partial charge on any atom is -0.489 e.